The van der Waals surface area contributed by atoms with Crippen molar-refractivity contribution >= 4 is 6.29 Å². The van der Waals surface area contributed by atoms with Crippen LogP contribution in [0, 0.1) is 22.0 Å². The topological polar surface area (TPSA) is 78.7 Å². The number of hydrogen-bond donors (Lipinski definition) is 0. The minimum absolute atomic E-state index is 0.0881. The van der Waals surface area contributed by atoms with Crippen LogP contribution in [0.25, 0.3) is 0 Å². The smallest absolute Gasteiger partial charge is 0.355 e. The second kappa shape index (κ2) is 8.74. The number of carbonyl (C=O) groups is 1. The molecule has 2 atom stereocenters. The molecular weight excluding hydrogens is 331 g/mol. The lowest BCUT2D eigenvalue weighted by Gasteiger charge is -2.26. The molecule has 9 heteroatoms. The molecule has 0 saturated heterocycles. The zero-order valence-electron chi connectivity index (χ0n) is 13.2. The molecule has 0 aliphatic carbocycles. The van der Waals surface area contributed by atoms with Gasteiger partial charge >= 0.3 is 6.18 Å². The molecule has 0 saturated carbocycles. The van der Waals surface area contributed by atoms with E-state index in [-0.39, 0.29) is 12.0 Å². The van der Waals surface area contributed by atoms with Gasteiger partial charge in [-0.25, -0.2) is 0 Å². The van der Waals surface area contributed by atoms with Crippen molar-refractivity contribution in [2.45, 2.75) is 18.9 Å². The third-order valence-electron chi connectivity index (χ3n) is 3.62. The van der Waals surface area contributed by atoms with Gasteiger partial charge in [-0.3, -0.25) is 10.1 Å². The number of methoxy groups -OCH3 is 2. The normalized spacial score (nSPS) is 14.4. The fourth-order valence-electron chi connectivity index (χ4n) is 2.49. The second-order valence-corrected chi connectivity index (χ2v) is 5.22. The largest absolute Gasteiger partial charge is 0.416 e. The molecule has 24 heavy (non-hydrogen) atoms. The number of rotatable bonds is 9. The molecular formula is C15H18F3NO5. The molecule has 0 aliphatic heterocycles. The molecule has 2 unspecified atom stereocenters. The zero-order chi connectivity index (χ0) is 18.3. The highest BCUT2D eigenvalue weighted by Crippen LogP contribution is 2.30. The first kappa shape index (κ1) is 20.0. The highest BCUT2D eigenvalue weighted by molar-refractivity contribution is 5.55. The molecule has 0 amide bonds. The lowest BCUT2D eigenvalue weighted by atomic mass is 9.86. The van der Waals surface area contributed by atoms with Crippen LogP contribution in [-0.4, -0.2) is 38.3 Å². The quantitative estimate of drug-likeness (QED) is 0.296. The number of ether oxygens (including phenoxy) is 2. The van der Waals surface area contributed by atoms with Crippen LogP contribution in [0.15, 0.2) is 24.3 Å². The fourth-order valence-corrected chi connectivity index (χ4v) is 2.49. The summed E-state index contributed by atoms with van der Waals surface area (Å²) in [4.78, 5) is 21.6. The van der Waals surface area contributed by atoms with Crippen LogP contribution in [0.3, 0.4) is 0 Å². The van der Waals surface area contributed by atoms with Crippen LogP contribution in [0.2, 0.25) is 0 Å². The predicted octanol–water partition coefficient (Wildman–Crippen LogP) is 2.57. The number of benzene rings is 1. The monoisotopic (exact) mass is 349 g/mol. The van der Waals surface area contributed by atoms with Gasteiger partial charge < -0.3 is 14.3 Å². The first-order valence-electron chi connectivity index (χ1n) is 7.01. The Balaban J connectivity index is 3.06. The van der Waals surface area contributed by atoms with E-state index in [1.165, 1.54) is 26.4 Å². The van der Waals surface area contributed by atoms with E-state index in [0.717, 1.165) is 12.1 Å². The Morgan fingerprint density at radius 3 is 2.38 bits per heavy atom. The molecule has 1 aromatic rings. The van der Waals surface area contributed by atoms with Crippen molar-refractivity contribution in [3.05, 3.63) is 45.5 Å². The summed E-state index contributed by atoms with van der Waals surface area (Å²) in [7, 11) is 2.54. The molecule has 0 aromatic heterocycles. The van der Waals surface area contributed by atoms with Crippen LogP contribution in [0.5, 0.6) is 0 Å². The molecule has 0 heterocycles. The summed E-state index contributed by atoms with van der Waals surface area (Å²) in [5.74, 6) is -1.86. The maximum atomic E-state index is 12.8. The number of nitro groups is 1. The van der Waals surface area contributed by atoms with Crippen LogP contribution >= 0.6 is 0 Å². The van der Waals surface area contributed by atoms with E-state index in [9.17, 15) is 28.1 Å². The van der Waals surface area contributed by atoms with E-state index in [0.29, 0.717) is 6.29 Å². The highest BCUT2D eigenvalue weighted by atomic mass is 19.4. The SMILES string of the molecule is COC(OC)C(C[N+](=O)[O-])C(C=O)Cc1cccc(C(F)(F)F)c1. The van der Waals surface area contributed by atoms with Gasteiger partial charge in [-0.2, -0.15) is 13.2 Å². The van der Waals surface area contributed by atoms with E-state index in [2.05, 4.69) is 0 Å². The number of carbonyl (C=O) groups excluding carboxylic acids is 1. The van der Waals surface area contributed by atoms with Gasteiger partial charge in [0.25, 0.3) is 0 Å². The number of hydrogen-bond acceptors (Lipinski definition) is 5. The molecule has 0 N–H and O–H groups in total. The van der Waals surface area contributed by atoms with E-state index < -0.39 is 41.3 Å². The molecule has 0 radical (unpaired) electrons. The van der Waals surface area contributed by atoms with Crippen molar-refractivity contribution in [1.29, 1.82) is 0 Å². The molecule has 0 aliphatic rings. The molecule has 134 valence electrons. The van der Waals surface area contributed by atoms with Crippen LogP contribution in [-0.2, 0) is 26.9 Å². The maximum absolute atomic E-state index is 12.8. The summed E-state index contributed by atoms with van der Waals surface area (Å²) < 4.78 is 48.3. The molecule has 1 aromatic carbocycles. The first-order valence-corrected chi connectivity index (χ1v) is 7.01. The van der Waals surface area contributed by atoms with Crippen LogP contribution in [0.4, 0.5) is 13.2 Å². The van der Waals surface area contributed by atoms with Crippen LogP contribution in [0.1, 0.15) is 11.1 Å². The van der Waals surface area contributed by atoms with Gasteiger partial charge in [0.15, 0.2) is 6.29 Å². The molecule has 0 fully saturated rings. The van der Waals surface area contributed by atoms with E-state index >= 15 is 0 Å². The predicted molar refractivity (Wildman–Crippen MR) is 77.9 cm³/mol. The Morgan fingerprint density at radius 1 is 1.29 bits per heavy atom. The van der Waals surface area contributed by atoms with Crippen molar-refractivity contribution in [3.63, 3.8) is 0 Å². The van der Waals surface area contributed by atoms with Gasteiger partial charge in [0.1, 0.15) is 6.29 Å². The Morgan fingerprint density at radius 2 is 1.92 bits per heavy atom. The van der Waals surface area contributed by atoms with Gasteiger partial charge in [0.2, 0.25) is 6.54 Å². The minimum Gasteiger partial charge on any atom is -0.355 e. The third-order valence-corrected chi connectivity index (χ3v) is 3.62. The second-order valence-electron chi connectivity index (χ2n) is 5.22. The summed E-state index contributed by atoms with van der Waals surface area (Å²) in [6.07, 6.45) is -5.13. The van der Waals surface area contributed by atoms with Crippen LogP contribution < -0.4 is 0 Å². The summed E-state index contributed by atoms with van der Waals surface area (Å²) >= 11 is 0. The summed E-state index contributed by atoms with van der Waals surface area (Å²) in [5, 5.41) is 10.8. The highest BCUT2D eigenvalue weighted by Gasteiger charge is 2.35. The lowest BCUT2D eigenvalue weighted by molar-refractivity contribution is -0.495. The molecule has 0 spiro atoms. The minimum atomic E-state index is -4.51. The van der Waals surface area contributed by atoms with E-state index in [1.54, 1.807) is 0 Å². The zero-order valence-corrected chi connectivity index (χ0v) is 13.2. The van der Waals surface area contributed by atoms with Gasteiger partial charge in [-0.1, -0.05) is 18.2 Å². The van der Waals surface area contributed by atoms with Gasteiger partial charge in [0.05, 0.1) is 11.5 Å². The number of alkyl halides is 3. The average molecular weight is 349 g/mol. The van der Waals surface area contributed by atoms with Gasteiger partial charge in [-0.05, 0) is 18.1 Å². The van der Waals surface area contributed by atoms with Gasteiger partial charge in [0, 0.05) is 25.1 Å². The Hall–Kier alpha value is -2.00. The summed E-state index contributed by atoms with van der Waals surface area (Å²) in [6, 6.07) is 4.51. The van der Waals surface area contributed by atoms with Gasteiger partial charge in [-0.15, -0.1) is 0 Å². The number of aldehydes is 1. The van der Waals surface area contributed by atoms with Crippen molar-refractivity contribution in [2.24, 2.45) is 11.8 Å². The standard InChI is InChI=1S/C15H18F3NO5/c1-23-14(24-2)13(8-19(21)22)11(9-20)6-10-4-3-5-12(7-10)15(16,17)18/h3-5,7,9,11,13-14H,6,8H2,1-2H3. The summed E-state index contributed by atoms with van der Waals surface area (Å²) in [6.45, 7) is -0.602. The number of nitrogens with zero attached hydrogens (tertiary/aromatic N) is 1. The Bertz CT molecular complexity index is 560. The molecule has 6 nitrogen and oxygen atoms in total. The fraction of sp³-hybridized carbons (Fsp3) is 0.533. The Kier molecular flexibility index (Phi) is 7.30. The first-order chi connectivity index (χ1) is 11.2. The lowest BCUT2D eigenvalue weighted by Crippen LogP contribution is -2.38. The molecule has 1 rings (SSSR count). The number of halogens is 3. The maximum Gasteiger partial charge on any atom is 0.416 e. The third kappa shape index (κ3) is 5.57. The van der Waals surface area contributed by atoms with Crippen molar-refractivity contribution in [2.75, 3.05) is 20.8 Å². The van der Waals surface area contributed by atoms with Crippen molar-refractivity contribution in [1.82, 2.24) is 0 Å². The average Bonchev–Trinajstić information content (AvgIpc) is 2.52. The van der Waals surface area contributed by atoms with E-state index in [4.69, 9.17) is 9.47 Å². The van der Waals surface area contributed by atoms with Crippen molar-refractivity contribution < 1.29 is 32.4 Å². The van der Waals surface area contributed by atoms with Crippen molar-refractivity contribution in [3.8, 4) is 0 Å². The molecule has 0 bridgehead atoms. The van der Waals surface area contributed by atoms with E-state index in [1.807, 2.05) is 0 Å². The Labute approximate surface area is 136 Å². The summed E-state index contributed by atoms with van der Waals surface area (Å²) in [5.41, 5.74) is -0.591.